The smallest absolute Gasteiger partial charge is 0.281 e. The molecule has 2 aliphatic rings. The quantitative estimate of drug-likeness (QED) is 0.327. The van der Waals surface area contributed by atoms with Gasteiger partial charge in [0, 0.05) is 58.4 Å². The van der Waals surface area contributed by atoms with Gasteiger partial charge in [0.25, 0.3) is 6.43 Å². The Morgan fingerprint density at radius 3 is 2.35 bits per heavy atom. The van der Waals surface area contributed by atoms with Crippen molar-refractivity contribution in [1.29, 1.82) is 0 Å². The summed E-state index contributed by atoms with van der Waals surface area (Å²) >= 11 is 0. The average Bonchev–Trinajstić information content (AvgIpc) is 2.93. The van der Waals surface area contributed by atoms with Gasteiger partial charge in [0.1, 0.15) is 5.69 Å². The Morgan fingerprint density at radius 2 is 1.70 bits per heavy atom. The number of aromatic nitrogens is 5. The molecule has 0 saturated carbocycles. The molecule has 4 rings (SSSR count). The Hall–Kier alpha value is -3.75. The summed E-state index contributed by atoms with van der Waals surface area (Å²) in [5, 5.41) is 2.59. The van der Waals surface area contributed by atoms with Gasteiger partial charge in [-0.05, 0) is 12.8 Å². The minimum Gasteiger partial charge on any atom is -0.378 e. The first-order valence-corrected chi connectivity index (χ1v) is 12.2. The number of alkyl halides is 2. The third-order valence-electron chi connectivity index (χ3n) is 6.15. The Labute approximate surface area is 212 Å². The number of morpholine rings is 1. The molecule has 0 aromatic carbocycles. The predicted molar refractivity (Wildman–Crippen MR) is 130 cm³/mol. The van der Waals surface area contributed by atoms with E-state index in [4.69, 9.17) is 10.5 Å². The number of nitrogen functional groups attached to an aromatic ring is 1. The third-order valence-corrected chi connectivity index (χ3v) is 6.15. The molecule has 15 heteroatoms. The average molecular weight is 521 g/mol. The van der Waals surface area contributed by atoms with Crippen molar-refractivity contribution >= 4 is 30.2 Å². The maximum absolute atomic E-state index is 13.8. The van der Waals surface area contributed by atoms with E-state index in [2.05, 4.69) is 30.2 Å². The van der Waals surface area contributed by atoms with Crippen molar-refractivity contribution in [3.05, 3.63) is 11.9 Å². The van der Waals surface area contributed by atoms with Crippen LogP contribution >= 0.6 is 0 Å². The number of piperazine rings is 1. The number of carbonyl (C=O) groups excluding carboxylic acids is 2. The molecule has 2 saturated heterocycles. The van der Waals surface area contributed by atoms with Gasteiger partial charge >= 0.3 is 0 Å². The van der Waals surface area contributed by atoms with Crippen molar-refractivity contribution in [3.63, 3.8) is 0 Å². The summed E-state index contributed by atoms with van der Waals surface area (Å²) in [5.41, 5.74) is 4.98. The molecule has 2 aromatic heterocycles. The van der Waals surface area contributed by atoms with Crippen molar-refractivity contribution in [2.45, 2.75) is 25.7 Å². The predicted octanol–water partition coefficient (Wildman–Crippen LogP) is 0.250. The fourth-order valence-corrected chi connectivity index (χ4v) is 4.14. The molecule has 37 heavy (non-hydrogen) atoms. The highest BCUT2D eigenvalue weighted by Crippen LogP contribution is 2.30. The van der Waals surface area contributed by atoms with Gasteiger partial charge in [0.2, 0.25) is 30.2 Å². The van der Waals surface area contributed by atoms with Gasteiger partial charge in [-0.25, -0.2) is 18.7 Å². The highest BCUT2D eigenvalue weighted by atomic mass is 19.3. The number of amides is 2. The fraction of sp³-hybridized carbons (Fsp3) is 0.591. The van der Waals surface area contributed by atoms with Crippen LogP contribution in [0.5, 0.6) is 0 Å². The van der Waals surface area contributed by atoms with Gasteiger partial charge in [-0.2, -0.15) is 15.0 Å². The van der Waals surface area contributed by atoms with E-state index in [0.717, 1.165) is 6.42 Å². The Balaban J connectivity index is 1.52. The van der Waals surface area contributed by atoms with Crippen LogP contribution in [0.25, 0.3) is 11.4 Å². The molecule has 200 valence electrons. The van der Waals surface area contributed by atoms with Crippen LogP contribution in [-0.2, 0) is 14.3 Å². The number of anilines is 3. The number of rotatable bonds is 10. The van der Waals surface area contributed by atoms with Crippen molar-refractivity contribution in [3.8, 4) is 11.4 Å². The fourth-order valence-electron chi connectivity index (χ4n) is 4.14. The maximum Gasteiger partial charge on any atom is 0.281 e. The van der Waals surface area contributed by atoms with Gasteiger partial charge in [-0.1, -0.05) is 0 Å². The zero-order chi connectivity index (χ0) is 26.2. The number of nitrogens with two attached hydrogens (primary N) is 1. The van der Waals surface area contributed by atoms with Crippen LogP contribution in [0.4, 0.5) is 26.6 Å². The zero-order valence-electron chi connectivity index (χ0n) is 20.4. The summed E-state index contributed by atoms with van der Waals surface area (Å²) in [6.45, 7) is 4.55. The van der Waals surface area contributed by atoms with Gasteiger partial charge < -0.3 is 30.5 Å². The number of nitrogens with zero attached hydrogens (tertiary/aromatic N) is 8. The number of carbonyl (C=O) groups is 2. The molecule has 0 aliphatic carbocycles. The third kappa shape index (κ3) is 6.72. The molecule has 0 spiro atoms. The number of hydrogen-bond donors (Lipinski definition) is 2. The van der Waals surface area contributed by atoms with E-state index in [0.29, 0.717) is 90.2 Å². The van der Waals surface area contributed by atoms with Gasteiger partial charge in [0.15, 0.2) is 5.82 Å². The Morgan fingerprint density at radius 1 is 1.03 bits per heavy atom. The SMILES string of the molecule is Nc1ncc(-c2nc(N3CCOCC3)nc(N3CCN(C(=O)CCCCNC=O)CC3)n2)c(C(F)F)n1. The summed E-state index contributed by atoms with van der Waals surface area (Å²) in [4.78, 5) is 49.7. The maximum atomic E-state index is 13.8. The van der Waals surface area contributed by atoms with Crippen LogP contribution < -0.4 is 20.9 Å². The number of nitrogens with one attached hydrogen (secondary N) is 1. The zero-order valence-corrected chi connectivity index (χ0v) is 20.4. The topological polar surface area (TPSA) is 156 Å². The minimum atomic E-state index is -2.89. The Kier molecular flexibility index (Phi) is 8.87. The largest absolute Gasteiger partial charge is 0.378 e. The summed E-state index contributed by atoms with van der Waals surface area (Å²) in [7, 11) is 0. The lowest BCUT2D eigenvalue weighted by atomic mass is 10.2. The van der Waals surface area contributed by atoms with Crippen molar-refractivity contribution < 1.29 is 23.1 Å². The second-order valence-corrected chi connectivity index (χ2v) is 8.58. The number of ether oxygens (including phenoxy) is 1. The van der Waals surface area contributed by atoms with Crippen LogP contribution in [0.15, 0.2) is 6.20 Å². The van der Waals surface area contributed by atoms with Gasteiger partial charge in [-0.15, -0.1) is 0 Å². The minimum absolute atomic E-state index is 0.0137. The van der Waals surface area contributed by atoms with Crippen LogP contribution in [0, 0.1) is 0 Å². The van der Waals surface area contributed by atoms with E-state index < -0.39 is 12.1 Å². The van der Waals surface area contributed by atoms with E-state index in [1.165, 1.54) is 6.20 Å². The van der Waals surface area contributed by atoms with E-state index in [9.17, 15) is 18.4 Å². The van der Waals surface area contributed by atoms with E-state index in [-0.39, 0.29) is 23.2 Å². The molecule has 2 aromatic rings. The first-order chi connectivity index (χ1) is 18.0. The summed E-state index contributed by atoms with van der Waals surface area (Å²) < 4.78 is 32.9. The normalized spacial score (nSPS) is 16.2. The highest BCUT2D eigenvalue weighted by Gasteiger charge is 2.27. The molecule has 0 bridgehead atoms. The molecule has 0 atom stereocenters. The van der Waals surface area contributed by atoms with Crippen LogP contribution in [0.1, 0.15) is 31.4 Å². The molecule has 3 N–H and O–H groups in total. The Bertz CT molecular complexity index is 1080. The molecular weight excluding hydrogens is 490 g/mol. The van der Waals surface area contributed by atoms with Crippen LogP contribution in [-0.4, -0.2) is 101 Å². The van der Waals surface area contributed by atoms with Crippen LogP contribution in [0.3, 0.4) is 0 Å². The number of halogens is 2. The monoisotopic (exact) mass is 520 g/mol. The van der Waals surface area contributed by atoms with Crippen LogP contribution in [0.2, 0.25) is 0 Å². The van der Waals surface area contributed by atoms with E-state index in [1.54, 1.807) is 4.90 Å². The molecule has 13 nitrogen and oxygen atoms in total. The van der Waals surface area contributed by atoms with Crippen molar-refractivity contribution in [2.75, 3.05) is 74.6 Å². The standard InChI is InChI=1S/C22H30F2N10O3/c23-18(24)17-15(13-27-20(25)28-17)19-29-21(31-22(30-19)34-9-11-37-12-10-34)33-7-5-32(6-8-33)16(36)3-1-2-4-26-14-35/h13-14,18H,1-12H2,(H,26,35)(H2,25,27,28). The number of unbranched alkanes of at least 4 members (excludes halogenated alkanes) is 1. The first kappa shape index (κ1) is 26.3. The lowest BCUT2D eigenvalue weighted by Gasteiger charge is -2.35. The van der Waals surface area contributed by atoms with Crippen molar-refractivity contribution in [2.24, 2.45) is 0 Å². The molecular formula is C22H30F2N10O3. The second-order valence-electron chi connectivity index (χ2n) is 8.58. The molecule has 0 unspecified atom stereocenters. The summed E-state index contributed by atoms with van der Waals surface area (Å²) in [6.07, 6.45) is 0.787. The van der Waals surface area contributed by atoms with Gasteiger partial charge in [0.05, 0.1) is 18.8 Å². The molecule has 2 amide bonds. The van der Waals surface area contributed by atoms with Gasteiger partial charge in [-0.3, -0.25) is 9.59 Å². The van der Waals surface area contributed by atoms with Crippen molar-refractivity contribution in [1.82, 2.24) is 35.1 Å². The van der Waals surface area contributed by atoms with E-state index >= 15 is 0 Å². The molecule has 0 radical (unpaired) electrons. The molecule has 2 fully saturated rings. The highest BCUT2D eigenvalue weighted by molar-refractivity contribution is 5.76. The molecule has 4 heterocycles. The lowest BCUT2D eigenvalue weighted by Crippen LogP contribution is -2.49. The lowest BCUT2D eigenvalue weighted by molar-refractivity contribution is -0.131. The first-order valence-electron chi connectivity index (χ1n) is 12.2. The van der Waals surface area contributed by atoms with E-state index in [1.807, 2.05) is 9.80 Å². The summed E-state index contributed by atoms with van der Waals surface area (Å²) in [5.74, 6) is 0.502. The number of hydrogen-bond acceptors (Lipinski definition) is 11. The second kappa shape index (κ2) is 12.5. The molecule has 2 aliphatic heterocycles. The summed E-state index contributed by atoms with van der Waals surface area (Å²) in [6, 6.07) is 0.